The van der Waals surface area contributed by atoms with Gasteiger partial charge in [0.05, 0.1) is 127 Å². The maximum atomic E-state index is 13.6. The number of sulfonamides is 2. The zero-order chi connectivity index (χ0) is 96.3. The van der Waals surface area contributed by atoms with E-state index in [0.717, 1.165) is 89.8 Å². The van der Waals surface area contributed by atoms with Crippen LogP contribution in [0.2, 0.25) is 0 Å². The number of likely N-dealkylation sites (tertiary alicyclic amines) is 4. The Bertz CT molecular complexity index is 5730. The molecule has 32 nitrogen and oxygen atoms in total. The highest BCUT2D eigenvalue weighted by atomic mass is 32.2. The summed E-state index contributed by atoms with van der Waals surface area (Å²) < 4.78 is 62.2. The molecule has 6 amide bonds. The predicted octanol–water partition coefficient (Wildman–Crippen LogP) is 11.6. The SMILES string of the molecule is Cc1ccc(C2(C)CC([C@@H]3C[C@@H](O)CN3C(=O)[C@@H](c3cc(C)no3)C(C)C)=NO2)cc1.Cc1ccc([C@@]2(C)CC([C@@H]3C[C@@H](O)CN3C(=O)[C@H](c3cc(C)no3)C(C)C)=NO2)cc1.Cc1ncsc1-c1ccc([C@]2(C)CC(C3C[C@@H](O)CN3C(=O)[C@H]3CCCN3S(C)(=O)=O)=NC2=O)cc1.Cc1ncsc1-c1ccc([C@]2(C)CC([C@@H]3C[C@@H](O)CN3C(=O)[C@H]3CCCN3S(C)(=O)=O)=NC2=O)cc1. The summed E-state index contributed by atoms with van der Waals surface area (Å²) in [5, 5.41) is 58.4. The molecule has 10 aliphatic heterocycles. The summed E-state index contributed by atoms with van der Waals surface area (Å²) >= 11 is 3.14. The highest BCUT2D eigenvalue weighted by molar-refractivity contribution is 7.88. The van der Waals surface area contributed by atoms with Crippen LogP contribution >= 0.6 is 22.7 Å². The second-order valence-corrected chi connectivity index (χ2v) is 44.8. The lowest BCUT2D eigenvalue weighted by atomic mass is 9.78. The van der Waals surface area contributed by atoms with E-state index in [1.807, 2.05) is 169 Å². The summed E-state index contributed by atoms with van der Waals surface area (Å²) in [5.74, 6) is -1.08. The molecule has 4 aromatic carbocycles. The molecule has 716 valence electrons. The number of carbonyl (C=O) groups excluding carboxylic acids is 6. The second-order valence-electron chi connectivity index (χ2n) is 39.2. The molecule has 6 fully saturated rings. The van der Waals surface area contributed by atoms with Gasteiger partial charge in [-0.25, -0.2) is 36.8 Å². The Morgan fingerprint density at radius 1 is 0.448 bits per heavy atom. The first kappa shape index (κ1) is 98.2. The van der Waals surface area contributed by atoms with Gasteiger partial charge in [-0.15, -0.1) is 22.7 Å². The molecule has 14 heterocycles. The van der Waals surface area contributed by atoms with Gasteiger partial charge in [-0.2, -0.15) is 8.61 Å². The number of carbonyl (C=O) groups is 6. The molecule has 0 saturated carbocycles. The molecule has 10 aliphatic rings. The number of aliphatic hydroxyl groups excluding tert-OH is 4. The molecule has 2 unspecified atom stereocenters. The van der Waals surface area contributed by atoms with Crippen LogP contribution in [0.1, 0.15) is 212 Å². The third-order valence-electron chi connectivity index (χ3n) is 28.0. The highest BCUT2D eigenvalue weighted by Crippen LogP contribution is 2.46. The molecule has 4 aromatic heterocycles. The molecular formula is C98H122N14O18S4. The van der Waals surface area contributed by atoms with Gasteiger partial charge in [0.25, 0.3) is 11.8 Å². The second kappa shape index (κ2) is 39.1. The molecule has 0 spiro atoms. The molecule has 0 aliphatic carbocycles. The topological polar surface area (TPSA) is 417 Å². The number of thiazole rings is 2. The van der Waals surface area contributed by atoms with E-state index in [4.69, 9.17) is 18.7 Å². The Hall–Kier alpha value is -10.3. The Morgan fingerprint density at radius 3 is 1.07 bits per heavy atom. The molecule has 134 heavy (non-hydrogen) atoms. The summed E-state index contributed by atoms with van der Waals surface area (Å²) in [6.07, 6.45) is 4.95. The van der Waals surface area contributed by atoms with E-state index in [2.05, 4.69) is 89.1 Å². The third-order valence-corrected chi connectivity index (χ3v) is 32.6. The lowest BCUT2D eigenvalue weighted by molar-refractivity contribution is -0.135. The summed E-state index contributed by atoms with van der Waals surface area (Å²) in [6.45, 7) is 28.8. The number of oxime groups is 2. The number of benzene rings is 4. The quantitative estimate of drug-likeness (QED) is 0.0550. The van der Waals surface area contributed by atoms with Crippen molar-refractivity contribution >= 4 is 101 Å². The van der Waals surface area contributed by atoms with Gasteiger partial charge in [0.15, 0.2) is 11.2 Å². The minimum atomic E-state index is -3.53. The molecule has 16 atom stereocenters. The van der Waals surface area contributed by atoms with E-state index in [1.165, 1.54) is 29.5 Å². The molecular weight excluding hydrogens is 1790 g/mol. The predicted molar refractivity (Wildman–Crippen MR) is 508 cm³/mol. The van der Waals surface area contributed by atoms with Crippen LogP contribution in [0.15, 0.2) is 150 Å². The van der Waals surface area contributed by atoms with Crippen molar-refractivity contribution in [3.63, 3.8) is 0 Å². The molecule has 4 N–H and O–H groups in total. The third kappa shape index (κ3) is 20.3. The van der Waals surface area contributed by atoms with Crippen molar-refractivity contribution < 1.29 is 84.8 Å². The van der Waals surface area contributed by atoms with Crippen LogP contribution in [0, 0.1) is 53.4 Å². The molecule has 0 radical (unpaired) electrons. The minimum absolute atomic E-state index is 0.0258. The largest absolute Gasteiger partial charge is 0.391 e. The number of nitrogens with zero attached hydrogens (tertiary/aromatic N) is 14. The van der Waals surface area contributed by atoms with Crippen molar-refractivity contribution in [1.29, 1.82) is 0 Å². The number of aliphatic imine (C=N–C) groups is 2. The number of hydrogen-bond donors (Lipinski definition) is 4. The molecule has 0 bridgehead atoms. The maximum absolute atomic E-state index is 13.6. The van der Waals surface area contributed by atoms with Gasteiger partial charge < -0.3 is 58.7 Å². The van der Waals surface area contributed by atoms with Crippen LogP contribution in [0.5, 0.6) is 0 Å². The Kier molecular flexibility index (Phi) is 28.6. The van der Waals surface area contributed by atoms with E-state index < -0.39 is 102 Å². The average Bonchev–Trinajstić information content (AvgIpc) is 1.60. The Balaban J connectivity index is 0.000000137. The van der Waals surface area contributed by atoms with Crippen LogP contribution in [-0.2, 0) is 80.5 Å². The Labute approximate surface area is 790 Å². The zero-order valence-electron chi connectivity index (χ0n) is 78.8. The fraction of sp³-hybridized carbons (Fsp3) is 0.531. The van der Waals surface area contributed by atoms with Crippen LogP contribution < -0.4 is 0 Å². The van der Waals surface area contributed by atoms with Crippen molar-refractivity contribution in [2.45, 2.75) is 269 Å². The highest BCUT2D eigenvalue weighted by Gasteiger charge is 2.55. The first-order valence-electron chi connectivity index (χ1n) is 46.0. The summed E-state index contributed by atoms with van der Waals surface area (Å²) in [4.78, 5) is 118. The maximum Gasteiger partial charge on any atom is 0.256 e. The molecule has 18 rings (SSSR count). The first-order valence-corrected chi connectivity index (χ1v) is 51.4. The normalized spacial score (nSPS) is 28.1. The van der Waals surface area contributed by atoms with Crippen molar-refractivity contribution in [2.24, 2.45) is 32.1 Å². The lowest BCUT2D eigenvalue weighted by Gasteiger charge is -2.31. The van der Waals surface area contributed by atoms with Crippen LogP contribution in [0.25, 0.3) is 20.9 Å². The number of rotatable bonds is 20. The van der Waals surface area contributed by atoms with Gasteiger partial charge in [0.2, 0.25) is 43.7 Å². The number of hydrogen-bond acceptors (Lipinski definition) is 26. The van der Waals surface area contributed by atoms with Gasteiger partial charge in [-0.05, 0) is 140 Å². The van der Waals surface area contributed by atoms with Crippen LogP contribution in [0.4, 0.5) is 0 Å². The van der Waals surface area contributed by atoms with Gasteiger partial charge in [0.1, 0.15) is 35.4 Å². The number of aromatic nitrogens is 4. The van der Waals surface area contributed by atoms with E-state index >= 15 is 0 Å². The van der Waals surface area contributed by atoms with E-state index in [9.17, 15) is 66.0 Å². The van der Waals surface area contributed by atoms with Crippen LogP contribution in [-0.4, -0.2) is 256 Å². The van der Waals surface area contributed by atoms with Gasteiger partial charge in [-0.3, -0.25) is 28.8 Å². The average molecular weight is 1910 g/mol. The van der Waals surface area contributed by atoms with Crippen molar-refractivity contribution in [1.82, 2.24) is 48.5 Å². The number of aryl methyl sites for hydroxylation is 6. The minimum Gasteiger partial charge on any atom is -0.391 e. The van der Waals surface area contributed by atoms with Gasteiger partial charge in [-0.1, -0.05) is 157 Å². The first-order chi connectivity index (χ1) is 63.3. The molecule has 6 saturated heterocycles. The van der Waals surface area contributed by atoms with Crippen molar-refractivity contribution in [3.05, 3.63) is 188 Å². The summed E-state index contributed by atoms with van der Waals surface area (Å²) in [7, 11) is -7.05. The van der Waals surface area contributed by atoms with E-state index in [0.29, 0.717) is 100 Å². The standard InChI is InChI=1S/2C25H30N4O5S2.2C24H31N3O4/c2*1-15-22(35-14-26-15)16-6-8-17(9-7-16)25(2)12-19(27-24(25)32)21-11-18(30)13-28(21)23(31)20-5-4-10-29(20)36(3,33)34;2*1-14(2)22(21-10-16(4)25-30-21)23(29)27-13-18(28)11-20(27)19-12-24(5,31-26-19)17-8-6-15(3)7-9-17/h2*6-9,14,18,20-21,30H,4-5,10-13H2,1-3H3;2*6-10,14,18,20,22,28H,11-13H2,1-5H3/t18-,20-,21?,25+;18-,20-,21+,25+;18-,20+,22+,24-;18-,20+,22-,24?/m1111/s1. The number of amides is 6. The van der Waals surface area contributed by atoms with Crippen molar-refractivity contribution in [3.8, 4) is 20.9 Å². The molecule has 36 heteroatoms. The van der Waals surface area contributed by atoms with Gasteiger partial charge >= 0.3 is 0 Å². The lowest BCUT2D eigenvalue weighted by Crippen LogP contribution is -2.51. The van der Waals surface area contributed by atoms with E-state index in [-0.39, 0.29) is 98.4 Å². The van der Waals surface area contributed by atoms with Crippen molar-refractivity contribution in [2.75, 3.05) is 51.8 Å². The monoisotopic (exact) mass is 1910 g/mol. The Morgan fingerprint density at radius 2 is 0.769 bits per heavy atom. The molecule has 8 aromatic rings. The van der Waals surface area contributed by atoms with E-state index in [1.54, 1.807) is 32.5 Å². The summed E-state index contributed by atoms with van der Waals surface area (Å²) in [5.41, 5.74) is 15.1. The number of β-amino-alcohol motifs (C(OH)–C–C–N with tert-alkyl or cyclic N) is 4. The smallest absolute Gasteiger partial charge is 0.256 e. The van der Waals surface area contributed by atoms with Gasteiger partial charge in [0, 0.05) is 114 Å². The number of aliphatic hydroxyl groups is 4. The zero-order valence-corrected chi connectivity index (χ0v) is 82.0. The van der Waals surface area contributed by atoms with Crippen LogP contribution in [0.3, 0.4) is 0 Å². The fourth-order valence-corrected chi connectivity index (χ4v) is 24.4. The fourth-order valence-electron chi connectivity index (χ4n) is 20.6. The summed E-state index contributed by atoms with van der Waals surface area (Å²) in [6, 6.07) is 32.6.